The zero-order chi connectivity index (χ0) is 20.1. The lowest BCUT2D eigenvalue weighted by Gasteiger charge is -2.11. The molecule has 29 heavy (non-hydrogen) atoms. The predicted octanol–water partition coefficient (Wildman–Crippen LogP) is 4.33. The number of aryl methyl sites for hydroxylation is 2. The van der Waals surface area contributed by atoms with Crippen molar-refractivity contribution >= 4 is 5.91 Å². The topological polar surface area (TPSA) is 51.9 Å². The third-order valence-corrected chi connectivity index (χ3v) is 4.89. The van der Waals surface area contributed by atoms with E-state index in [1.54, 1.807) is 10.9 Å². The summed E-state index contributed by atoms with van der Waals surface area (Å²) in [5.41, 5.74) is 3.94. The van der Waals surface area contributed by atoms with E-state index in [0.717, 1.165) is 24.3 Å². The minimum atomic E-state index is -0.111. The number of carbonyl (C=O) groups excluding carboxylic acids is 1. The Hall–Kier alpha value is -3.60. The molecule has 0 saturated carbocycles. The second-order valence-corrected chi connectivity index (χ2v) is 7.06. The first-order chi connectivity index (χ1) is 14.2. The molecule has 4 rings (SSSR count). The first kappa shape index (κ1) is 18.7. The van der Waals surface area contributed by atoms with Gasteiger partial charge in [-0.25, -0.2) is 4.68 Å². The molecule has 2 heterocycles. The van der Waals surface area contributed by atoms with Crippen LogP contribution >= 0.6 is 0 Å². The highest BCUT2D eigenvalue weighted by molar-refractivity contribution is 5.97. The van der Waals surface area contributed by atoms with E-state index in [0.29, 0.717) is 12.1 Å². The molecule has 2 aromatic carbocycles. The molecule has 2 aromatic heterocycles. The highest BCUT2D eigenvalue weighted by Gasteiger charge is 2.19. The number of nitrogens with one attached hydrogen (secondary N) is 1. The van der Waals surface area contributed by atoms with Crippen molar-refractivity contribution in [2.45, 2.75) is 19.8 Å². The van der Waals surface area contributed by atoms with Crippen LogP contribution in [-0.4, -0.2) is 26.8 Å². The molecule has 5 heteroatoms. The van der Waals surface area contributed by atoms with E-state index in [9.17, 15) is 4.79 Å². The maximum absolute atomic E-state index is 12.9. The average molecular weight is 384 g/mol. The summed E-state index contributed by atoms with van der Waals surface area (Å²) < 4.78 is 3.73. The molecule has 5 nitrogen and oxygen atoms in total. The average Bonchev–Trinajstić information content (AvgIpc) is 3.42. The Morgan fingerprint density at radius 2 is 1.69 bits per heavy atom. The van der Waals surface area contributed by atoms with Gasteiger partial charge >= 0.3 is 0 Å². The molecule has 0 bridgehead atoms. The first-order valence-corrected chi connectivity index (χ1v) is 9.83. The van der Waals surface area contributed by atoms with Crippen molar-refractivity contribution in [3.63, 3.8) is 0 Å². The number of benzene rings is 2. The molecule has 1 N–H and O–H groups in total. The largest absolute Gasteiger partial charge is 0.352 e. The number of carbonyl (C=O) groups is 1. The van der Waals surface area contributed by atoms with E-state index < -0.39 is 0 Å². The van der Waals surface area contributed by atoms with Crippen molar-refractivity contribution in [1.29, 1.82) is 0 Å². The van der Waals surface area contributed by atoms with Gasteiger partial charge in [0.2, 0.25) is 0 Å². The minimum absolute atomic E-state index is 0.111. The molecule has 0 fully saturated rings. The quantitative estimate of drug-likeness (QED) is 0.482. The number of rotatable bonds is 7. The van der Waals surface area contributed by atoms with Gasteiger partial charge in [0.05, 0.1) is 11.9 Å². The second kappa shape index (κ2) is 8.61. The number of aromatic nitrogens is 3. The summed E-state index contributed by atoms with van der Waals surface area (Å²) in [6, 6.07) is 22.3. The summed E-state index contributed by atoms with van der Waals surface area (Å²) in [4.78, 5) is 12.9. The fraction of sp³-hybridized carbons (Fsp3) is 0.167. The van der Waals surface area contributed by atoms with Crippen LogP contribution in [0.3, 0.4) is 0 Å². The Balaban J connectivity index is 1.52. The van der Waals surface area contributed by atoms with Gasteiger partial charge in [0.25, 0.3) is 5.91 Å². The second-order valence-electron chi connectivity index (χ2n) is 7.06. The van der Waals surface area contributed by atoms with Crippen molar-refractivity contribution in [2.75, 3.05) is 6.54 Å². The van der Waals surface area contributed by atoms with Crippen molar-refractivity contribution in [3.8, 4) is 11.5 Å². The van der Waals surface area contributed by atoms with Crippen LogP contribution in [0.15, 0.2) is 85.3 Å². The summed E-state index contributed by atoms with van der Waals surface area (Å²) in [5.74, 6) is 0.625. The minimum Gasteiger partial charge on any atom is -0.352 e. The van der Waals surface area contributed by atoms with Gasteiger partial charge in [-0.15, -0.1) is 0 Å². The van der Waals surface area contributed by atoms with Gasteiger partial charge in [0, 0.05) is 18.9 Å². The summed E-state index contributed by atoms with van der Waals surface area (Å²) in [7, 11) is 0. The van der Waals surface area contributed by atoms with E-state index >= 15 is 0 Å². The molecular weight excluding hydrogens is 360 g/mol. The number of hydrogen-bond donors (Lipinski definition) is 1. The summed E-state index contributed by atoms with van der Waals surface area (Å²) in [5, 5.41) is 7.54. The Kier molecular flexibility index (Phi) is 5.56. The number of nitrogens with zero attached hydrogens (tertiary/aromatic N) is 3. The van der Waals surface area contributed by atoms with Gasteiger partial charge in [0.15, 0.2) is 5.82 Å². The Labute approximate surface area is 170 Å². The van der Waals surface area contributed by atoms with Crippen molar-refractivity contribution in [1.82, 2.24) is 19.7 Å². The number of amides is 1. The smallest absolute Gasteiger partial charge is 0.256 e. The zero-order valence-electron chi connectivity index (χ0n) is 16.5. The predicted molar refractivity (Wildman–Crippen MR) is 115 cm³/mol. The summed E-state index contributed by atoms with van der Waals surface area (Å²) >= 11 is 0. The lowest BCUT2D eigenvalue weighted by Crippen LogP contribution is -2.25. The van der Waals surface area contributed by atoms with E-state index in [4.69, 9.17) is 0 Å². The molecule has 0 saturated heterocycles. The van der Waals surface area contributed by atoms with Gasteiger partial charge in [-0.3, -0.25) is 4.79 Å². The molecule has 0 radical (unpaired) electrons. The Morgan fingerprint density at radius 3 is 2.41 bits per heavy atom. The lowest BCUT2D eigenvalue weighted by atomic mass is 10.1. The standard InChI is InChI=1S/C24H24N4O/c1-19-11-13-21(14-12-19)28-24(27-16-5-6-17-27)22(18-26-28)23(29)25-15-7-10-20-8-3-2-4-9-20/h2-6,8-9,11-14,16-18H,7,10,15H2,1H3,(H,25,29). The maximum Gasteiger partial charge on any atom is 0.256 e. The molecular formula is C24H24N4O. The van der Waals surface area contributed by atoms with Crippen LogP contribution in [0, 0.1) is 6.92 Å². The van der Waals surface area contributed by atoms with Crippen molar-refractivity contribution in [2.24, 2.45) is 0 Å². The zero-order valence-corrected chi connectivity index (χ0v) is 16.5. The van der Waals surface area contributed by atoms with Gasteiger partial charge in [-0.05, 0) is 49.6 Å². The fourth-order valence-electron chi connectivity index (χ4n) is 3.34. The van der Waals surface area contributed by atoms with Crippen LogP contribution in [0.2, 0.25) is 0 Å². The molecule has 0 aliphatic heterocycles. The van der Waals surface area contributed by atoms with Gasteiger partial charge in [-0.1, -0.05) is 48.0 Å². The highest BCUT2D eigenvalue weighted by atomic mass is 16.1. The lowest BCUT2D eigenvalue weighted by molar-refractivity contribution is 0.0953. The fourth-order valence-corrected chi connectivity index (χ4v) is 3.34. The normalized spacial score (nSPS) is 10.8. The Morgan fingerprint density at radius 1 is 0.966 bits per heavy atom. The molecule has 0 spiro atoms. The van der Waals surface area contributed by atoms with Crippen molar-refractivity contribution < 1.29 is 4.79 Å². The molecule has 0 atom stereocenters. The van der Waals surface area contributed by atoms with Crippen LogP contribution in [0.4, 0.5) is 0 Å². The molecule has 1 amide bonds. The van der Waals surface area contributed by atoms with E-state index in [-0.39, 0.29) is 5.91 Å². The van der Waals surface area contributed by atoms with Gasteiger partial charge < -0.3 is 9.88 Å². The third-order valence-electron chi connectivity index (χ3n) is 4.89. The molecule has 146 valence electrons. The third kappa shape index (κ3) is 4.29. The summed E-state index contributed by atoms with van der Waals surface area (Å²) in [6.45, 7) is 2.67. The van der Waals surface area contributed by atoms with Crippen LogP contribution in [-0.2, 0) is 6.42 Å². The van der Waals surface area contributed by atoms with Crippen LogP contribution in [0.5, 0.6) is 0 Å². The SMILES string of the molecule is Cc1ccc(-n2ncc(C(=O)NCCCc3ccccc3)c2-n2cccc2)cc1. The number of hydrogen-bond acceptors (Lipinski definition) is 2. The molecule has 0 unspecified atom stereocenters. The molecule has 4 aromatic rings. The van der Waals surface area contributed by atoms with E-state index in [1.165, 1.54) is 11.1 Å². The van der Waals surface area contributed by atoms with Gasteiger partial charge in [0.1, 0.15) is 5.56 Å². The first-order valence-electron chi connectivity index (χ1n) is 9.83. The van der Waals surface area contributed by atoms with Crippen molar-refractivity contribution in [3.05, 3.63) is 102 Å². The van der Waals surface area contributed by atoms with E-state index in [2.05, 4.69) is 22.5 Å². The monoisotopic (exact) mass is 384 g/mol. The van der Waals surface area contributed by atoms with Crippen LogP contribution in [0.25, 0.3) is 11.5 Å². The van der Waals surface area contributed by atoms with Crippen LogP contribution < -0.4 is 5.32 Å². The molecule has 0 aliphatic carbocycles. The Bertz CT molecular complexity index is 1060. The maximum atomic E-state index is 12.9. The van der Waals surface area contributed by atoms with Gasteiger partial charge in [-0.2, -0.15) is 5.10 Å². The highest BCUT2D eigenvalue weighted by Crippen LogP contribution is 2.20. The van der Waals surface area contributed by atoms with E-state index in [1.807, 2.05) is 78.5 Å². The molecule has 0 aliphatic rings. The summed E-state index contributed by atoms with van der Waals surface area (Å²) in [6.07, 6.45) is 7.32. The van der Waals surface area contributed by atoms with Crippen LogP contribution in [0.1, 0.15) is 27.9 Å².